The standard InChI is InChI=1S/C13H17FN4O2S/c1-9-7-11(8-12(15)13(9)14)21(19,20)17-6-4-10-3-5-16-18(10)2/h3,5,7-8,17H,4,6,15H2,1-2H3. The summed E-state index contributed by atoms with van der Waals surface area (Å²) in [4.78, 5) is -0.0380. The molecule has 0 bridgehead atoms. The number of hydrogen-bond acceptors (Lipinski definition) is 4. The van der Waals surface area contributed by atoms with Crippen LogP contribution < -0.4 is 10.5 Å². The Kier molecular flexibility index (Phi) is 4.29. The molecule has 0 saturated heterocycles. The van der Waals surface area contributed by atoms with E-state index in [2.05, 4.69) is 9.82 Å². The van der Waals surface area contributed by atoms with E-state index in [9.17, 15) is 12.8 Å². The quantitative estimate of drug-likeness (QED) is 0.805. The summed E-state index contributed by atoms with van der Waals surface area (Å²) in [5, 5.41) is 4.00. The highest BCUT2D eigenvalue weighted by Crippen LogP contribution is 2.20. The van der Waals surface area contributed by atoms with Crippen molar-refractivity contribution < 1.29 is 12.8 Å². The lowest BCUT2D eigenvalue weighted by atomic mass is 10.2. The maximum Gasteiger partial charge on any atom is 0.240 e. The lowest BCUT2D eigenvalue weighted by molar-refractivity contribution is 0.578. The van der Waals surface area contributed by atoms with E-state index in [4.69, 9.17) is 5.73 Å². The molecule has 0 fully saturated rings. The molecule has 0 spiro atoms. The minimum Gasteiger partial charge on any atom is -0.396 e. The monoisotopic (exact) mass is 312 g/mol. The van der Waals surface area contributed by atoms with Crippen molar-refractivity contribution in [1.82, 2.24) is 14.5 Å². The Morgan fingerprint density at radius 3 is 2.71 bits per heavy atom. The lowest BCUT2D eigenvalue weighted by Crippen LogP contribution is -2.26. The second-order valence-electron chi connectivity index (χ2n) is 4.74. The first-order chi connectivity index (χ1) is 9.81. The van der Waals surface area contributed by atoms with Crippen LogP contribution in [0.4, 0.5) is 10.1 Å². The van der Waals surface area contributed by atoms with Gasteiger partial charge in [-0.05, 0) is 30.7 Å². The minimum atomic E-state index is -3.71. The Balaban J connectivity index is 2.10. The van der Waals surface area contributed by atoms with Gasteiger partial charge in [-0.2, -0.15) is 5.10 Å². The van der Waals surface area contributed by atoms with Gasteiger partial charge in [-0.3, -0.25) is 4.68 Å². The second kappa shape index (κ2) is 5.82. The first kappa shape index (κ1) is 15.5. The van der Waals surface area contributed by atoms with Crippen LogP contribution >= 0.6 is 0 Å². The van der Waals surface area contributed by atoms with Gasteiger partial charge in [0.2, 0.25) is 10.0 Å². The van der Waals surface area contributed by atoms with Crippen LogP contribution in [-0.2, 0) is 23.5 Å². The Morgan fingerprint density at radius 1 is 1.43 bits per heavy atom. The summed E-state index contributed by atoms with van der Waals surface area (Å²) < 4.78 is 41.9. The predicted molar refractivity (Wildman–Crippen MR) is 77.6 cm³/mol. The van der Waals surface area contributed by atoms with Crippen LogP contribution in [0, 0.1) is 12.7 Å². The normalized spacial score (nSPS) is 11.8. The zero-order valence-corrected chi connectivity index (χ0v) is 12.6. The summed E-state index contributed by atoms with van der Waals surface area (Å²) in [6, 6.07) is 4.20. The molecule has 114 valence electrons. The van der Waals surface area contributed by atoms with Gasteiger partial charge >= 0.3 is 0 Å². The van der Waals surface area contributed by atoms with Gasteiger partial charge in [-0.1, -0.05) is 0 Å². The van der Waals surface area contributed by atoms with Gasteiger partial charge in [-0.15, -0.1) is 0 Å². The van der Waals surface area contributed by atoms with E-state index >= 15 is 0 Å². The van der Waals surface area contributed by atoms with Gasteiger partial charge in [0.1, 0.15) is 5.82 Å². The number of benzene rings is 1. The van der Waals surface area contributed by atoms with E-state index in [1.165, 1.54) is 13.0 Å². The van der Waals surface area contributed by atoms with E-state index in [-0.39, 0.29) is 22.7 Å². The third-order valence-corrected chi connectivity index (χ3v) is 4.60. The fourth-order valence-corrected chi connectivity index (χ4v) is 3.11. The molecule has 1 aromatic heterocycles. The molecule has 0 aliphatic heterocycles. The van der Waals surface area contributed by atoms with E-state index in [0.717, 1.165) is 11.8 Å². The van der Waals surface area contributed by atoms with Crippen LogP contribution in [0.3, 0.4) is 0 Å². The number of hydrogen-bond donors (Lipinski definition) is 2. The highest BCUT2D eigenvalue weighted by molar-refractivity contribution is 7.89. The zero-order valence-electron chi connectivity index (χ0n) is 11.8. The summed E-state index contributed by atoms with van der Waals surface area (Å²) in [7, 11) is -1.93. The maximum absolute atomic E-state index is 13.4. The molecule has 0 saturated carbocycles. The maximum atomic E-state index is 13.4. The highest BCUT2D eigenvalue weighted by Gasteiger charge is 2.17. The minimum absolute atomic E-state index is 0.0380. The van der Waals surface area contributed by atoms with Crippen molar-refractivity contribution in [2.24, 2.45) is 7.05 Å². The molecular formula is C13H17FN4O2S. The molecule has 0 amide bonds. The third-order valence-electron chi connectivity index (χ3n) is 3.16. The number of nitrogens with zero attached hydrogens (tertiary/aromatic N) is 2. The molecule has 0 radical (unpaired) electrons. The predicted octanol–water partition coefficient (Wildman–Crippen LogP) is 0.971. The Labute approximate surface area is 122 Å². The molecular weight excluding hydrogens is 295 g/mol. The summed E-state index contributed by atoms with van der Waals surface area (Å²) in [5.74, 6) is -0.594. The van der Waals surface area contributed by atoms with Crippen molar-refractivity contribution in [2.75, 3.05) is 12.3 Å². The molecule has 0 aliphatic carbocycles. The van der Waals surface area contributed by atoms with Crippen LogP contribution in [0.2, 0.25) is 0 Å². The van der Waals surface area contributed by atoms with Crippen molar-refractivity contribution >= 4 is 15.7 Å². The Bertz CT molecular complexity index is 732. The zero-order chi connectivity index (χ0) is 15.6. The summed E-state index contributed by atoms with van der Waals surface area (Å²) in [6.07, 6.45) is 2.15. The third kappa shape index (κ3) is 3.40. The second-order valence-corrected chi connectivity index (χ2v) is 6.50. The molecule has 1 aromatic carbocycles. The number of halogens is 1. The van der Waals surface area contributed by atoms with Crippen molar-refractivity contribution in [3.05, 3.63) is 41.5 Å². The van der Waals surface area contributed by atoms with Crippen LogP contribution in [-0.4, -0.2) is 24.7 Å². The fraction of sp³-hybridized carbons (Fsp3) is 0.308. The average Bonchev–Trinajstić information content (AvgIpc) is 2.81. The number of rotatable bonds is 5. The fourth-order valence-electron chi connectivity index (χ4n) is 1.96. The molecule has 0 atom stereocenters. The number of aryl methyl sites for hydroxylation is 2. The topological polar surface area (TPSA) is 90.0 Å². The van der Waals surface area contributed by atoms with Crippen LogP contribution in [0.1, 0.15) is 11.3 Å². The van der Waals surface area contributed by atoms with Gasteiger partial charge in [0.15, 0.2) is 0 Å². The number of nitrogens with one attached hydrogen (secondary N) is 1. The highest BCUT2D eigenvalue weighted by atomic mass is 32.2. The molecule has 1 heterocycles. The first-order valence-corrected chi connectivity index (χ1v) is 7.82. The summed E-state index contributed by atoms with van der Waals surface area (Å²) >= 11 is 0. The van der Waals surface area contributed by atoms with Crippen LogP contribution in [0.5, 0.6) is 0 Å². The SMILES string of the molecule is Cc1cc(S(=O)(=O)NCCc2ccnn2C)cc(N)c1F. The molecule has 2 rings (SSSR count). The molecule has 0 unspecified atom stereocenters. The Hall–Kier alpha value is -1.93. The number of aromatic nitrogens is 2. The van der Waals surface area contributed by atoms with Gasteiger partial charge in [0, 0.05) is 31.9 Å². The Morgan fingerprint density at radius 2 is 2.14 bits per heavy atom. The number of nitrogen functional groups attached to an aromatic ring is 1. The number of anilines is 1. The molecule has 3 N–H and O–H groups in total. The first-order valence-electron chi connectivity index (χ1n) is 6.33. The summed E-state index contributed by atoms with van der Waals surface area (Å²) in [6.45, 7) is 1.69. The van der Waals surface area contributed by atoms with E-state index in [1.54, 1.807) is 17.9 Å². The molecule has 8 heteroatoms. The van der Waals surface area contributed by atoms with E-state index in [0.29, 0.717) is 6.42 Å². The van der Waals surface area contributed by atoms with Gasteiger partial charge in [0.05, 0.1) is 10.6 Å². The largest absolute Gasteiger partial charge is 0.396 e. The van der Waals surface area contributed by atoms with Gasteiger partial charge < -0.3 is 5.73 Å². The molecule has 21 heavy (non-hydrogen) atoms. The van der Waals surface area contributed by atoms with E-state index < -0.39 is 15.8 Å². The van der Waals surface area contributed by atoms with Gasteiger partial charge in [0.25, 0.3) is 0 Å². The molecule has 0 aliphatic rings. The van der Waals surface area contributed by atoms with Crippen molar-refractivity contribution in [1.29, 1.82) is 0 Å². The number of sulfonamides is 1. The lowest BCUT2D eigenvalue weighted by Gasteiger charge is -2.09. The van der Waals surface area contributed by atoms with E-state index in [1.807, 2.05) is 6.07 Å². The van der Waals surface area contributed by atoms with Crippen molar-refractivity contribution in [2.45, 2.75) is 18.2 Å². The molecule has 2 aromatic rings. The smallest absolute Gasteiger partial charge is 0.240 e. The van der Waals surface area contributed by atoms with Gasteiger partial charge in [-0.25, -0.2) is 17.5 Å². The number of nitrogens with two attached hydrogens (primary N) is 1. The van der Waals surface area contributed by atoms with Crippen molar-refractivity contribution in [3.8, 4) is 0 Å². The average molecular weight is 312 g/mol. The molecule has 6 nitrogen and oxygen atoms in total. The van der Waals surface area contributed by atoms with Crippen LogP contribution in [0.25, 0.3) is 0 Å². The summed E-state index contributed by atoms with van der Waals surface area (Å²) in [5.41, 5.74) is 6.39. The van der Waals surface area contributed by atoms with Crippen molar-refractivity contribution in [3.63, 3.8) is 0 Å². The van der Waals surface area contributed by atoms with Crippen LogP contribution in [0.15, 0.2) is 29.3 Å².